The number of hydrogen-bond acceptors (Lipinski definition) is 6. The van der Waals surface area contributed by atoms with Gasteiger partial charge in [0.25, 0.3) is 0 Å². The molecule has 1 aliphatic heterocycles. The SMILES string of the molecule is Cc1nc(C2CC(O)ON2C(=O)OC(C)(C)C)co1. The predicted octanol–water partition coefficient (Wildman–Crippen LogP) is 1.91. The number of carbonyl (C=O) groups excluding carboxylic acids is 1. The van der Waals surface area contributed by atoms with Gasteiger partial charge in [0.1, 0.15) is 23.6 Å². The van der Waals surface area contributed by atoms with Gasteiger partial charge in [-0.1, -0.05) is 0 Å². The van der Waals surface area contributed by atoms with Crippen molar-refractivity contribution in [2.45, 2.75) is 52.0 Å². The third-order valence-electron chi connectivity index (χ3n) is 2.49. The molecule has 2 atom stereocenters. The lowest BCUT2D eigenvalue weighted by molar-refractivity contribution is -0.207. The number of amides is 1. The molecule has 2 rings (SSSR count). The van der Waals surface area contributed by atoms with Gasteiger partial charge in [0, 0.05) is 13.3 Å². The molecule has 0 aromatic carbocycles. The second kappa shape index (κ2) is 4.82. The Bertz CT molecular complexity index is 465. The molecule has 7 heteroatoms. The zero-order chi connectivity index (χ0) is 14.2. The van der Waals surface area contributed by atoms with Crippen LogP contribution in [0.4, 0.5) is 4.79 Å². The van der Waals surface area contributed by atoms with Crippen LogP contribution in [0.3, 0.4) is 0 Å². The minimum atomic E-state index is -1.06. The van der Waals surface area contributed by atoms with Crippen LogP contribution in [0.1, 0.15) is 44.8 Å². The maximum absolute atomic E-state index is 12.0. The highest BCUT2D eigenvalue weighted by molar-refractivity contribution is 5.67. The van der Waals surface area contributed by atoms with Gasteiger partial charge in [-0.25, -0.2) is 14.6 Å². The molecule has 1 aromatic heterocycles. The quantitative estimate of drug-likeness (QED) is 0.839. The van der Waals surface area contributed by atoms with Gasteiger partial charge >= 0.3 is 6.09 Å². The van der Waals surface area contributed by atoms with Crippen LogP contribution < -0.4 is 0 Å². The first-order chi connectivity index (χ1) is 8.76. The number of hydroxylamine groups is 2. The molecule has 0 aliphatic carbocycles. The molecule has 19 heavy (non-hydrogen) atoms. The Morgan fingerprint density at radius 2 is 2.26 bits per heavy atom. The average molecular weight is 270 g/mol. The largest absolute Gasteiger partial charge is 0.449 e. The number of ether oxygens (including phenoxy) is 1. The van der Waals surface area contributed by atoms with Gasteiger partial charge in [-0.3, -0.25) is 0 Å². The maximum Gasteiger partial charge on any atom is 0.435 e. The zero-order valence-corrected chi connectivity index (χ0v) is 11.4. The summed E-state index contributed by atoms with van der Waals surface area (Å²) in [6.07, 6.45) is -0.0477. The van der Waals surface area contributed by atoms with E-state index in [1.807, 2.05) is 0 Å². The molecule has 0 spiro atoms. The number of aromatic nitrogens is 1. The van der Waals surface area contributed by atoms with Crippen LogP contribution in [-0.2, 0) is 9.57 Å². The fraction of sp³-hybridized carbons (Fsp3) is 0.667. The van der Waals surface area contributed by atoms with Crippen molar-refractivity contribution < 1.29 is 23.9 Å². The Balaban J connectivity index is 2.16. The van der Waals surface area contributed by atoms with Gasteiger partial charge in [-0.05, 0) is 20.8 Å². The summed E-state index contributed by atoms with van der Waals surface area (Å²) < 4.78 is 10.3. The first-order valence-corrected chi connectivity index (χ1v) is 6.05. The molecular weight excluding hydrogens is 252 g/mol. The average Bonchev–Trinajstić information content (AvgIpc) is 2.81. The van der Waals surface area contributed by atoms with Crippen LogP contribution in [0.25, 0.3) is 0 Å². The monoisotopic (exact) mass is 270 g/mol. The van der Waals surface area contributed by atoms with E-state index in [2.05, 4.69) is 4.98 Å². The van der Waals surface area contributed by atoms with Gasteiger partial charge < -0.3 is 14.3 Å². The van der Waals surface area contributed by atoms with Gasteiger partial charge in [-0.2, -0.15) is 5.06 Å². The topological polar surface area (TPSA) is 85.0 Å². The molecule has 1 fully saturated rings. The van der Waals surface area contributed by atoms with Crippen molar-refractivity contribution in [1.29, 1.82) is 0 Å². The van der Waals surface area contributed by atoms with Crippen molar-refractivity contribution in [3.8, 4) is 0 Å². The maximum atomic E-state index is 12.0. The molecule has 1 aliphatic rings. The minimum absolute atomic E-state index is 0.227. The van der Waals surface area contributed by atoms with Crippen LogP contribution in [0.5, 0.6) is 0 Å². The smallest absolute Gasteiger partial charge is 0.435 e. The number of carbonyl (C=O) groups is 1. The molecule has 2 heterocycles. The standard InChI is InChI=1S/C12H18N2O5/c1-7-13-8(6-17-7)9-5-10(15)19-14(9)11(16)18-12(2,3)4/h6,9-10,15H,5H2,1-4H3. The number of rotatable bonds is 1. The molecular formula is C12H18N2O5. The number of oxazole rings is 1. The van der Waals surface area contributed by atoms with Crippen molar-refractivity contribution in [1.82, 2.24) is 10.0 Å². The van der Waals surface area contributed by atoms with E-state index in [4.69, 9.17) is 14.0 Å². The zero-order valence-electron chi connectivity index (χ0n) is 11.4. The Morgan fingerprint density at radius 1 is 1.58 bits per heavy atom. The van der Waals surface area contributed by atoms with Crippen molar-refractivity contribution in [2.24, 2.45) is 0 Å². The van der Waals surface area contributed by atoms with E-state index in [0.29, 0.717) is 11.6 Å². The number of aliphatic hydroxyl groups is 1. The van der Waals surface area contributed by atoms with Crippen LogP contribution in [0.15, 0.2) is 10.7 Å². The molecule has 0 radical (unpaired) electrons. The third-order valence-corrected chi connectivity index (χ3v) is 2.49. The second-order valence-electron chi connectivity index (χ2n) is 5.41. The van der Waals surface area contributed by atoms with E-state index >= 15 is 0 Å². The molecule has 0 saturated carbocycles. The lowest BCUT2D eigenvalue weighted by Crippen LogP contribution is -2.36. The van der Waals surface area contributed by atoms with Crippen LogP contribution in [0.2, 0.25) is 0 Å². The van der Waals surface area contributed by atoms with E-state index in [0.717, 1.165) is 5.06 Å². The highest BCUT2D eigenvalue weighted by Gasteiger charge is 2.41. The van der Waals surface area contributed by atoms with Crippen molar-refractivity contribution >= 4 is 6.09 Å². The molecule has 2 unspecified atom stereocenters. The van der Waals surface area contributed by atoms with E-state index in [1.54, 1.807) is 27.7 Å². The highest BCUT2D eigenvalue weighted by Crippen LogP contribution is 2.33. The number of hydrogen-bond donors (Lipinski definition) is 1. The molecule has 1 N–H and O–H groups in total. The fourth-order valence-electron chi connectivity index (χ4n) is 1.79. The Morgan fingerprint density at radius 3 is 2.79 bits per heavy atom. The highest BCUT2D eigenvalue weighted by atomic mass is 16.8. The van der Waals surface area contributed by atoms with E-state index < -0.39 is 24.0 Å². The first-order valence-electron chi connectivity index (χ1n) is 6.05. The van der Waals surface area contributed by atoms with Crippen LogP contribution in [-0.4, -0.2) is 33.1 Å². The Kier molecular flexibility index (Phi) is 3.51. The van der Waals surface area contributed by atoms with Gasteiger partial charge in [0.05, 0.1) is 0 Å². The summed E-state index contributed by atoms with van der Waals surface area (Å²) >= 11 is 0. The minimum Gasteiger partial charge on any atom is -0.449 e. The normalized spacial score (nSPS) is 23.7. The third kappa shape index (κ3) is 3.24. The molecule has 1 aromatic rings. The van der Waals surface area contributed by atoms with Crippen molar-refractivity contribution in [3.63, 3.8) is 0 Å². The van der Waals surface area contributed by atoms with Gasteiger partial charge in [0.15, 0.2) is 12.2 Å². The van der Waals surface area contributed by atoms with E-state index in [-0.39, 0.29) is 6.42 Å². The second-order valence-corrected chi connectivity index (χ2v) is 5.41. The Hall–Kier alpha value is -1.60. The van der Waals surface area contributed by atoms with Crippen LogP contribution >= 0.6 is 0 Å². The molecule has 7 nitrogen and oxygen atoms in total. The van der Waals surface area contributed by atoms with Gasteiger partial charge in [-0.15, -0.1) is 0 Å². The summed E-state index contributed by atoms with van der Waals surface area (Å²) in [7, 11) is 0. The van der Waals surface area contributed by atoms with Crippen molar-refractivity contribution in [3.05, 3.63) is 17.8 Å². The predicted molar refractivity (Wildman–Crippen MR) is 63.8 cm³/mol. The van der Waals surface area contributed by atoms with Crippen LogP contribution in [0, 0.1) is 6.92 Å². The number of nitrogens with zero attached hydrogens (tertiary/aromatic N) is 2. The summed E-state index contributed by atoms with van der Waals surface area (Å²) in [4.78, 5) is 21.2. The Labute approximate surface area is 111 Å². The summed E-state index contributed by atoms with van der Waals surface area (Å²) in [5, 5.41) is 10.6. The van der Waals surface area contributed by atoms with Crippen molar-refractivity contribution in [2.75, 3.05) is 0 Å². The summed E-state index contributed by atoms with van der Waals surface area (Å²) in [6.45, 7) is 6.97. The molecule has 106 valence electrons. The molecule has 0 bridgehead atoms. The first kappa shape index (κ1) is 13.8. The van der Waals surface area contributed by atoms with E-state index in [1.165, 1.54) is 6.26 Å². The molecule has 1 saturated heterocycles. The summed E-state index contributed by atoms with van der Waals surface area (Å²) in [5.41, 5.74) is -0.113. The number of aryl methyl sites for hydroxylation is 1. The van der Waals surface area contributed by atoms with E-state index in [9.17, 15) is 9.90 Å². The molecule has 1 amide bonds. The summed E-state index contributed by atoms with van der Waals surface area (Å²) in [6, 6.07) is -0.512. The lowest BCUT2D eigenvalue weighted by atomic mass is 10.1. The lowest BCUT2D eigenvalue weighted by Gasteiger charge is -2.25. The van der Waals surface area contributed by atoms with Gasteiger partial charge in [0.2, 0.25) is 0 Å². The summed E-state index contributed by atoms with van der Waals surface area (Å²) in [5.74, 6) is 0.487. The number of aliphatic hydroxyl groups excluding tert-OH is 1. The fourth-order valence-corrected chi connectivity index (χ4v) is 1.79.